The van der Waals surface area contributed by atoms with Crippen LogP contribution in [-0.4, -0.2) is 13.0 Å². The molecule has 0 bridgehead atoms. The van der Waals surface area contributed by atoms with Crippen LogP contribution in [0, 0.1) is 11.3 Å². The zero-order chi connectivity index (χ0) is 16.3. The van der Waals surface area contributed by atoms with Crippen LogP contribution in [0.4, 0.5) is 5.69 Å². The lowest BCUT2D eigenvalue weighted by molar-refractivity contribution is -0.114. The van der Waals surface area contributed by atoms with E-state index in [-0.39, 0.29) is 5.91 Å². The molecule has 0 unspecified atom stereocenters. The zero-order valence-electron chi connectivity index (χ0n) is 12.4. The molecule has 0 saturated carbocycles. The topological polar surface area (TPSA) is 44.1 Å². The summed E-state index contributed by atoms with van der Waals surface area (Å²) in [5.41, 5.74) is 2.97. The Morgan fingerprint density at radius 2 is 1.95 bits per heavy atom. The fourth-order valence-electron chi connectivity index (χ4n) is 2.23. The van der Waals surface area contributed by atoms with Gasteiger partial charge >= 0.3 is 0 Å². The second kappa shape index (κ2) is 6.46. The molecule has 0 atom stereocenters. The Kier molecular flexibility index (Phi) is 4.65. The molecule has 0 aliphatic heterocycles. The maximum Gasteiger partial charge on any atom is 0.253 e. The first-order valence-electron chi connectivity index (χ1n) is 6.68. The van der Waals surface area contributed by atoms with E-state index in [9.17, 15) is 10.1 Å². The number of rotatable bonds is 3. The second-order valence-corrected chi connectivity index (χ2v) is 5.40. The van der Waals surface area contributed by atoms with Crippen LogP contribution in [0.15, 0.2) is 54.6 Å². The number of carbonyl (C=O) groups is 1. The average molecular weight is 311 g/mol. The molecule has 110 valence electrons. The Labute approximate surface area is 135 Å². The lowest BCUT2D eigenvalue weighted by Crippen LogP contribution is -2.27. The highest BCUT2D eigenvalue weighted by Gasteiger charge is 2.18. The van der Waals surface area contributed by atoms with E-state index >= 15 is 0 Å². The standard InChI is InChI=1S/C18H15ClN2O/c1-12(2)18(22)21(3)17-9-5-8-15(16(17)11-20)13-6-4-7-14(19)10-13/h4-10H,1H2,2-3H3. The number of carbonyl (C=O) groups excluding carboxylic acids is 1. The van der Waals surface area contributed by atoms with Gasteiger partial charge in [-0.1, -0.05) is 42.4 Å². The van der Waals surface area contributed by atoms with E-state index in [1.54, 1.807) is 32.2 Å². The first kappa shape index (κ1) is 15.8. The van der Waals surface area contributed by atoms with Crippen molar-refractivity contribution in [3.63, 3.8) is 0 Å². The molecule has 0 aliphatic rings. The van der Waals surface area contributed by atoms with Gasteiger partial charge in [0.1, 0.15) is 6.07 Å². The lowest BCUT2D eigenvalue weighted by atomic mass is 9.98. The number of halogens is 1. The van der Waals surface area contributed by atoms with Gasteiger partial charge in [-0.2, -0.15) is 5.26 Å². The summed E-state index contributed by atoms with van der Waals surface area (Å²) in [5, 5.41) is 10.2. The van der Waals surface area contributed by atoms with Crippen molar-refractivity contribution in [2.75, 3.05) is 11.9 Å². The van der Waals surface area contributed by atoms with Crippen molar-refractivity contribution in [3.8, 4) is 17.2 Å². The summed E-state index contributed by atoms with van der Waals surface area (Å²) in [6.45, 7) is 5.30. The predicted octanol–water partition coefficient (Wildman–Crippen LogP) is 4.42. The third kappa shape index (κ3) is 3.03. The van der Waals surface area contributed by atoms with Crippen LogP contribution in [0.5, 0.6) is 0 Å². The monoisotopic (exact) mass is 310 g/mol. The minimum atomic E-state index is -0.222. The van der Waals surface area contributed by atoms with Gasteiger partial charge in [0.2, 0.25) is 0 Å². The van der Waals surface area contributed by atoms with E-state index in [0.29, 0.717) is 21.8 Å². The van der Waals surface area contributed by atoms with E-state index in [2.05, 4.69) is 12.6 Å². The van der Waals surface area contributed by atoms with Crippen LogP contribution < -0.4 is 4.90 Å². The van der Waals surface area contributed by atoms with Crippen LogP contribution in [0.3, 0.4) is 0 Å². The molecule has 0 aromatic heterocycles. The lowest BCUT2D eigenvalue weighted by Gasteiger charge is -2.20. The van der Waals surface area contributed by atoms with E-state index in [1.807, 2.05) is 24.3 Å². The van der Waals surface area contributed by atoms with E-state index in [1.165, 1.54) is 4.90 Å². The van der Waals surface area contributed by atoms with Crippen molar-refractivity contribution < 1.29 is 4.79 Å². The van der Waals surface area contributed by atoms with Gasteiger partial charge < -0.3 is 4.90 Å². The smallest absolute Gasteiger partial charge is 0.253 e. The van der Waals surface area contributed by atoms with Crippen LogP contribution in [0.2, 0.25) is 5.02 Å². The number of benzene rings is 2. The Bertz CT molecular complexity index is 790. The minimum absolute atomic E-state index is 0.222. The summed E-state index contributed by atoms with van der Waals surface area (Å²) in [4.78, 5) is 13.5. The summed E-state index contributed by atoms with van der Waals surface area (Å²) < 4.78 is 0. The predicted molar refractivity (Wildman–Crippen MR) is 89.8 cm³/mol. The highest BCUT2D eigenvalue weighted by atomic mass is 35.5. The van der Waals surface area contributed by atoms with Crippen molar-refractivity contribution in [2.45, 2.75) is 6.92 Å². The van der Waals surface area contributed by atoms with E-state index < -0.39 is 0 Å². The number of anilines is 1. The summed E-state index contributed by atoms with van der Waals surface area (Å²) >= 11 is 6.03. The fourth-order valence-corrected chi connectivity index (χ4v) is 2.42. The number of hydrogen-bond acceptors (Lipinski definition) is 2. The third-order valence-corrected chi connectivity index (χ3v) is 3.56. The van der Waals surface area contributed by atoms with Crippen LogP contribution in [0.1, 0.15) is 12.5 Å². The molecular formula is C18H15ClN2O. The van der Waals surface area contributed by atoms with Crippen molar-refractivity contribution >= 4 is 23.2 Å². The zero-order valence-corrected chi connectivity index (χ0v) is 13.2. The molecule has 0 aliphatic carbocycles. The molecule has 2 rings (SSSR count). The Morgan fingerprint density at radius 1 is 1.27 bits per heavy atom. The van der Waals surface area contributed by atoms with Gasteiger partial charge in [0.25, 0.3) is 5.91 Å². The molecular weight excluding hydrogens is 296 g/mol. The van der Waals surface area contributed by atoms with Crippen molar-refractivity contribution in [3.05, 3.63) is 65.2 Å². The molecule has 3 nitrogen and oxygen atoms in total. The molecule has 4 heteroatoms. The largest absolute Gasteiger partial charge is 0.310 e. The average Bonchev–Trinajstić information content (AvgIpc) is 2.52. The van der Waals surface area contributed by atoms with Crippen molar-refractivity contribution in [1.29, 1.82) is 5.26 Å². The first-order chi connectivity index (χ1) is 10.5. The normalized spacial score (nSPS) is 9.91. The van der Waals surface area contributed by atoms with Gasteiger partial charge in [-0.05, 0) is 30.7 Å². The van der Waals surface area contributed by atoms with Crippen LogP contribution in [-0.2, 0) is 4.79 Å². The maximum absolute atomic E-state index is 12.1. The van der Waals surface area contributed by atoms with Gasteiger partial charge in [-0.25, -0.2) is 0 Å². The van der Waals surface area contributed by atoms with Gasteiger partial charge in [-0.15, -0.1) is 0 Å². The van der Waals surface area contributed by atoms with Gasteiger partial charge in [0, 0.05) is 23.2 Å². The van der Waals surface area contributed by atoms with E-state index in [0.717, 1.165) is 11.1 Å². The summed E-state index contributed by atoms with van der Waals surface area (Å²) in [7, 11) is 1.63. The molecule has 0 heterocycles. The summed E-state index contributed by atoms with van der Waals surface area (Å²) in [6.07, 6.45) is 0. The SMILES string of the molecule is C=C(C)C(=O)N(C)c1cccc(-c2cccc(Cl)c2)c1C#N. The number of likely N-dealkylation sites (N-methyl/N-ethyl adjacent to an activating group) is 1. The van der Waals surface area contributed by atoms with Gasteiger partial charge in [0.05, 0.1) is 11.3 Å². The molecule has 0 radical (unpaired) electrons. The van der Waals surface area contributed by atoms with Crippen LogP contribution in [0.25, 0.3) is 11.1 Å². The maximum atomic E-state index is 12.1. The van der Waals surface area contributed by atoms with Crippen molar-refractivity contribution in [2.24, 2.45) is 0 Å². The first-order valence-corrected chi connectivity index (χ1v) is 7.06. The highest BCUT2D eigenvalue weighted by Crippen LogP contribution is 2.32. The molecule has 0 spiro atoms. The molecule has 0 fully saturated rings. The molecule has 2 aromatic carbocycles. The van der Waals surface area contributed by atoms with Crippen molar-refractivity contribution in [1.82, 2.24) is 0 Å². The molecule has 0 N–H and O–H groups in total. The Balaban J connectivity index is 2.60. The third-order valence-electron chi connectivity index (χ3n) is 3.32. The Hall–Kier alpha value is -2.57. The molecule has 2 aromatic rings. The van der Waals surface area contributed by atoms with Gasteiger partial charge in [-0.3, -0.25) is 4.79 Å². The van der Waals surface area contributed by atoms with Gasteiger partial charge in [0.15, 0.2) is 0 Å². The Morgan fingerprint density at radius 3 is 2.55 bits per heavy atom. The number of nitriles is 1. The number of amides is 1. The van der Waals surface area contributed by atoms with Crippen LogP contribution >= 0.6 is 11.6 Å². The number of nitrogens with zero attached hydrogens (tertiary/aromatic N) is 2. The number of hydrogen-bond donors (Lipinski definition) is 0. The quantitative estimate of drug-likeness (QED) is 0.788. The summed E-state index contributed by atoms with van der Waals surface area (Å²) in [5.74, 6) is -0.222. The summed E-state index contributed by atoms with van der Waals surface area (Å²) in [6, 6.07) is 14.9. The minimum Gasteiger partial charge on any atom is -0.310 e. The van der Waals surface area contributed by atoms with E-state index in [4.69, 9.17) is 11.6 Å². The molecule has 0 saturated heterocycles. The molecule has 1 amide bonds. The fraction of sp³-hybridized carbons (Fsp3) is 0.111. The second-order valence-electron chi connectivity index (χ2n) is 4.97. The highest BCUT2D eigenvalue weighted by molar-refractivity contribution is 6.30. The molecule has 22 heavy (non-hydrogen) atoms.